The average molecular weight is 438 g/mol. The van der Waals surface area contributed by atoms with Gasteiger partial charge in [-0.25, -0.2) is 4.98 Å². The number of nitrogens with one attached hydrogen (secondary N) is 1. The van der Waals surface area contributed by atoms with Crippen molar-refractivity contribution in [2.24, 2.45) is 0 Å². The predicted octanol–water partition coefficient (Wildman–Crippen LogP) is 3.67. The van der Waals surface area contributed by atoms with Gasteiger partial charge in [0.1, 0.15) is 0 Å². The number of carbonyl (C=O) groups is 1. The molecule has 0 aliphatic carbocycles. The molecule has 1 amide bonds. The fraction of sp³-hybridized carbons (Fsp3) is 0.100. The van der Waals surface area contributed by atoms with E-state index in [2.05, 4.69) is 36.4 Å². The Morgan fingerprint density at radius 1 is 1.18 bits per heavy atom. The van der Waals surface area contributed by atoms with Crippen molar-refractivity contribution in [1.29, 1.82) is 0 Å². The second-order valence-corrected chi connectivity index (χ2v) is 7.05. The maximum Gasteiger partial charge on any atom is 0.251 e. The summed E-state index contributed by atoms with van der Waals surface area (Å²) in [6.45, 7) is 0.874. The Morgan fingerprint density at radius 3 is 2.79 bits per heavy atom. The molecule has 7 nitrogen and oxygen atoms in total. The molecule has 0 aliphatic rings. The molecule has 28 heavy (non-hydrogen) atoms. The van der Waals surface area contributed by atoms with Gasteiger partial charge < -0.3 is 14.4 Å². The highest BCUT2D eigenvalue weighted by atomic mass is 79.9. The smallest absolute Gasteiger partial charge is 0.251 e. The van der Waals surface area contributed by atoms with E-state index in [0.717, 1.165) is 15.6 Å². The topological polar surface area (TPSA) is 85.8 Å². The zero-order valence-corrected chi connectivity index (χ0v) is 16.3. The zero-order chi connectivity index (χ0) is 19.3. The minimum atomic E-state index is -0.198. The van der Waals surface area contributed by atoms with Gasteiger partial charge in [-0.1, -0.05) is 45.4 Å². The van der Waals surface area contributed by atoms with Crippen molar-refractivity contribution < 1.29 is 9.32 Å². The van der Waals surface area contributed by atoms with Crippen LogP contribution in [0.2, 0.25) is 0 Å². The van der Waals surface area contributed by atoms with Crippen LogP contribution in [0.5, 0.6) is 0 Å². The number of hydrogen-bond acceptors (Lipinski definition) is 5. The Hall–Kier alpha value is -3.26. The second kappa shape index (κ2) is 8.18. The van der Waals surface area contributed by atoms with Crippen LogP contribution in [0.15, 0.2) is 76.2 Å². The number of halogens is 1. The fourth-order valence-electron chi connectivity index (χ4n) is 2.68. The number of amides is 1. The van der Waals surface area contributed by atoms with Gasteiger partial charge in [0.15, 0.2) is 0 Å². The Kier molecular flexibility index (Phi) is 5.29. The highest BCUT2D eigenvalue weighted by Gasteiger charge is 2.11. The largest absolute Gasteiger partial charge is 0.343 e. The van der Waals surface area contributed by atoms with Crippen LogP contribution in [0.25, 0.3) is 11.4 Å². The van der Waals surface area contributed by atoms with Crippen LogP contribution < -0.4 is 5.32 Å². The summed E-state index contributed by atoms with van der Waals surface area (Å²) in [5.41, 5.74) is 2.50. The van der Waals surface area contributed by atoms with Gasteiger partial charge in [0.2, 0.25) is 11.7 Å². The molecule has 0 fully saturated rings. The van der Waals surface area contributed by atoms with Crippen LogP contribution >= 0.6 is 15.9 Å². The lowest BCUT2D eigenvalue weighted by molar-refractivity contribution is 0.0946. The molecule has 0 saturated heterocycles. The van der Waals surface area contributed by atoms with E-state index >= 15 is 0 Å². The average Bonchev–Trinajstić information content (AvgIpc) is 3.39. The zero-order valence-electron chi connectivity index (χ0n) is 14.7. The first-order chi connectivity index (χ1) is 13.7. The monoisotopic (exact) mass is 437 g/mol. The molecular formula is C20H16BrN5O2. The highest BCUT2D eigenvalue weighted by molar-refractivity contribution is 9.10. The van der Waals surface area contributed by atoms with Crippen molar-refractivity contribution >= 4 is 21.8 Å². The molecule has 4 aromatic rings. The first-order valence-corrected chi connectivity index (χ1v) is 9.38. The molecule has 4 rings (SSSR count). The summed E-state index contributed by atoms with van der Waals surface area (Å²) in [5, 5.41) is 6.76. The quantitative estimate of drug-likeness (QED) is 0.497. The molecular weight excluding hydrogens is 422 g/mol. The third-order valence-electron chi connectivity index (χ3n) is 4.09. The van der Waals surface area contributed by atoms with Gasteiger partial charge in [0, 0.05) is 34.5 Å². The summed E-state index contributed by atoms with van der Waals surface area (Å²) < 4.78 is 8.12. The van der Waals surface area contributed by atoms with E-state index in [4.69, 9.17) is 4.52 Å². The van der Waals surface area contributed by atoms with E-state index in [-0.39, 0.29) is 12.5 Å². The van der Waals surface area contributed by atoms with Gasteiger partial charge in [-0.2, -0.15) is 4.98 Å². The SMILES string of the molecule is O=C(NCc1nc(-c2cccc(Br)c2)no1)c1ccc(Cn2ccnc2)cc1. The molecule has 1 N–H and O–H groups in total. The molecule has 0 spiro atoms. The summed E-state index contributed by atoms with van der Waals surface area (Å²) in [7, 11) is 0. The number of carbonyl (C=O) groups excluding carboxylic acids is 1. The number of benzene rings is 2. The molecule has 2 heterocycles. The molecule has 0 bridgehead atoms. The van der Waals surface area contributed by atoms with Crippen molar-refractivity contribution in [2.75, 3.05) is 0 Å². The molecule has 140 valence electrons. The van der Waals surface area contributed by atoms with Crippen molar-refractivity contribution in [2.45, 2.75) is 13.1 Å². The normalized spacial score (nSPS) is 10.8. The van der Waals surface area contributed by atoms with Crippen LogP contribution in [0.1, 0.15) is 21.8 Å². The summed E-state index contributed by atoms with van der Waals surface area (Å²) in [4.78, 5) is 20.7. The second-order valence-electron chi connectivity index (χ2n) is 6.14. The van der Waals surface area contributed by atoms with Crippen LogP contribution in [0.3, 0.4) is 0 Å². The maximum atomic E-state index is 12.3. The number of imidazole rings is 1. The van der Waals surface area contributed by atoms with E-state index in [1.807, 2.05) is 47.2 Å². The molecule has 0 radical (unpaired) electrons. The van der Waals surface area contributed by atoms with Gasteiger partial charge in [0.05, 0.1) is 12.9 Å². The summed E-state index contributed by atoms with van der Waals surface area (Å²) >= 11 is 3.42. The molecule has 2 aromatic heterocycles. The van der Waals surface area contributed by atoms with E-state index in [1.165, 1.54) is 0 Å². The molecule has 0 atom stereocenters. The van der Waals surface area contributed by atoms with Crippen molar-refractivity contribution in [3.05, 3.63) is 88.7 Å². The molecule has 2 aromatic carbocycles. The standard InChI is InChI=1S/C20H16BrN5O2/c21-17-3-1-2-16(10-17)19-24-18(28-25-19)11-23-20(27)15-6-4-14(5-7-15)12-26-9-8-22-13-26/h1-10,13H,11-12H2,(H,23,27). The van der Waals surface area contributed by atoms with Gasteiger partial charge in [-0.15, -0.1) is 0 Å². The number of rotatable bonds is 6. The third-order valence-corrected chi connectivity index (χ3v) is 4.58. The Morgan fingerprint density at radius 2 is 2.04 bits per heavy atom. The highest BCUT2D eigenvalue weighted by Crippen LogP contribution is 2.20. The lowest BCUT2D eigenvalue weighted by atomic mass is 10.1. The van der Waals surface area contributed by atoms with Crippen LogP contribution in [-0.2, 0) is 13.1 Å². The molecule has 0 saturated carbocycles. The van der Waals surface area contributed by atoms with Gasteiger partial charge in [-0.05, 0) is 29.8 Å². The van der Waals surface area contributed by atoms with Crippen molar-refractivity contribution in [1.82, 2.24) is 25.0 Å². The third kappa shape index (κ3) is 4.34. The number of aromatic nitrogens is 4. The molecule has 0 aliphatic heterocycles. The summed E-state index contributed by atoms with van der Waals surface area (Å²) in [5.74, 6) is 0.630. The van der Waals surface area contributed by atoms with Gasteiger partial charge in [0.25, 0.3) is 5.91 Å². The lowest BCUT2D eigenvalue weighted by Crippen LogP contribution is -2.22. The summed E-state index contributed by atoms with van der Waals surface area (Å²) in [6, 6.07) is 15.0. The maximum absolute atomic E-state index is 12.3. The van der Waals surface area contributed by atoms with Crippen molar-refractivity contribution in [3.63, 3.8) is 0 Å². The minimum Gasteiger partial charge on any atom is -0.343 e. The summed E-state index contributed by atoms with van der Waals surface area (Å²) in [6.07, 6.45) is 5.39. The first-order valence-electron chi connectivity index (χ1n) is 8.59. The Bertz CT molecular complexity index is 1070. The van der Waals surface area contributed by atoms with Gasteiger partial charge in [-0.3, -0.25) is 4.79 Å². The van der Waals surface area contributed by atoms with E-state index in [0.29, 0.717) is 23.8 Å². The van der Waals surface area contributed by atoms with E-state index < -0.39 is 0 Å². The van der Waals surface area contributed by atoms with Crippen LogP contribution in [0.4, 0.5) is 0 Å². The predicted molar refractivity (Wildman–Crippen MR) is 106 cm³/mol. The number of nitrogens with zero attached hydrogens (tertiary/aromatic N) is 4. The minimum absolute atomic E-state index is 0.163. The Balaban J connectivity index is 1.35. The molecule has 0 unspecified atom stereocenters. The number of hydrogen-bond donors (Lipinski definition) is 1. The molecule has 8 heteroatoms. The lowest BCUT2D eigenvalue weighted by Gasteiger charge is -2.05. The first kappa shape index (κ1) is 18.1. The van der Waals surface area contributed by atoms with Crippen LogP contribution in [0, 0.1) is 0 Å². The Labute approximate surface area is 169 Å². The van der Waals surface area contributed by atoms with E-state index in [9.17, 15) is 4.79 Å². The fourth-order valence-corrected chi connectivity index (χ4v) is 3.08. The van der Waals surface area contributed by atoms with Gasteiger partial charge >= 0.3 is 0 Å². The van der Waals surface area contributed by atoms with E-state index in [1.54, 1.807) is 24.7 Å². The van der Waals surface area contributed by atoms with Crippen molar-refractivity contribution in [3.8, 4) is 11.4 Å². The van der Waals surface area contributed by atoms with Crippen LogP contribution in [-0.4, -0.2) is 25.6 Å².